The first kappa shape index (κ1) is 62.2. The largest absolute Gasteiger partial charge is 0.311 e. The minimum atomic E-state index is 1.09. The molecule has 0 saturated carbocycles. The molecule has 13 aromatic rings. The zero-order valence-corrected chi connectivity index (χ0v) is 53.5. The van der Waals surface area contributed by atoms with E-state index in [4.69, 9.17) is 0 Å². The molecular weight excluding hydrogens is 1160 g/mol. The Labute approximate surface area is 566 Å². The molecule has 458 valence electrons. The van der Waals surface area contributed by atoms with Crippen molar-refractivity contribution >= 4 is 106 Å². The van der Waals surface area contributed by atoms with Crippen LogP contribution in [-0.4, -0.2) is 0 Å². The van der Waals surface area contributed by atoms with Gasteiger partial charge >= 0.3 is 0 Å². The first-order valence-electron chi connectivity index (χ1n) is 32.7. The summed E-state index contributed by atoms with van der Waals surface area (Å²) >= 11 is 0. The SMILES string of the molecule is C(/C=C/c1ccc(/C=C/c2ccc(N(c3ccccc3)c3ccc(/C=C/c4ccc(/C=C/c5ccc(N(c6ccccc6)c6ccc(/C=C/c7ccc(/C=C/C=C(c8ccccc8)c8ccccc8)cc7)cc6)cc5)cc4)cc3)cc2)cc1)=C(c1ccccc1)c1ccccc1. The number of anilines is 6. The average molecular weight is 1230 g/mol. The van der Waals surface area contributed by atoms with Gasteiger partial charge in [0.25, 0.3) is 0 Å². The molecule has 96 heavy (non-hydrogen) atoms. The molecule has 0 aliphatic heterocycles. The molecule has 0 radical (unpaired) electrons. The number of hydrogen-bond acceptors (Lipinski definition) is 2. The third-order valence-electron chi connectivity index (χ3n) is 16.8. The molecule has 0 saturated heterocycles. The van der Waals surface area contributed by atoms with Crippen LogP contribution < -0.4 is 9.80 Å². The highest BCUT2D eigenvalue weighted by atomic mass is 15.1. The first-order chi connectivity index (χ1) is 47.6. The molecule has 0 spiro atoms. The molecule has 0 bridgehead atoms. The predicted octanol–water partition coefficient (Wildman–Crippen LogP) is 25.6. The fourth-order valence-electron chi connectivity index (χ4n) is 11.6. The molecule has 0 heterocycles. The zero-order valence-electron chi connectivity index (χ0n) is 53.5. The van der Waals surface area contributed by atoms with E-state index in [1.807, 2.05) is 0 Å². The summed E-state index contributed by atoms with van der Waals surface area (Å²) in [6.45, 7) is 0. The normalized spacial score (nSPS) is 11.5. The number of nitrogens with zero attached hydrogens (tertiary/aromatic N) is 2. The Morgan fingerprint density at radius 1 is 0.156 bits per heavy atom. The zero-order chi connectivity index (χ0) is 64.8. The standard InChI is InChI=1S/C94H72N2/c1-7-23-83(24-8-1)93(84-25-9-2-10-26-84)35-19-21-73-37-41-75(42-38-73)49-53-79-57-65-89(66-58-79)95(87-31-15-5-16-32-87)91-69-61-81(62-70-91)55-51-77-45-47-78(48-46-77)52-56-82-63-71-92(72-64-82)96(88-33-17-6-18-34-88)90-67-59-80(60-68-90)54-50-76-43-39-74(40-44-76)22-20-36-94(85-27-11-3-12-28-85)86-29-13-4-14-30-86/h1-72H/b21-19+,22-20+,53-49+,54-50+,55-51+,56-52+. The highest BCUT2D eigenvalue weighted by Gasteiger charge is 2.14. The third-order valence-corrected chi connectivity index (χ3v) is 16.8. The maximum Gasteiger partial charge on any atom is 0.0462 e. The maximum absolute atomic E-state index is 2.30. The van der Waals surface area contributed by atoms with E-state index < -0.39 is 0 Å². The molecule has 0 atom stereocenters. The summed E-state index contributed by atoms with van der Waals surface area (Å²) in [5, 5.41) is 0. The lowest BCUT2D eigenvalue weighted by atomic mass is 9.97. The molecule has 2 heteroatoms. The van der Waals surface area contributed by atoms with Crippen molar-refractivity contribution in [3.8, 4) is 0 Å². The van der Waals surface area contributed by atoms with Gasteiger partial charge in [-0.1, -0.05) is 364 Å². The van der Waals surface area contributed by atoms with Gasteiger partial charge in [0.15, 0.2) is 0 Å². The van der Waals surface area contributed by atoms with Crippen molar-refractivity contribution in [2.45, 2.75) is 0 Å². The molecule has 0 N–H and O–H groups in total. The topological polar surface area (TPSA) is 6.48 Å². The van der Waals surface area contributed by atoms with E-state index in [2.05, 4.69) is 447 Å². The quantitative estimate of drug-likeness (QED) is 0.0493. The summed E-state index contributed by atoms with van der Waals surface area (Å²) in [5.41, 5.74) is 25.1. The summed E-state index contributed by atoms with van der Waals surface area (Å²) < 4.78 is 0. The van der Waals surface area contributed by atoms with Gasteiger partial charge in [-0.2, -0.15) is 0 Å². The van der Waals surface area contributed by atoms with Gasteiger partial charge in [-0.15, -0.1) is 0 Å². The lowest BCUT2D eigenvalue weighted by Gasteiger charge is -2.25. The molecule has 0 aliphatic carbocycles. The second kappa shape index (κ2) is 31.6. The van der Waals surface area contributed by atoms with Crippen LogP contribution in [0.15, 0.2) is 376 Å². The summed E-state index contributed by atoms with van der Waals surface area (Å²) in [6, 6.07) is 125. The van der Waals surface area contributed by atoms with Gasteiger partial charge in [0.2, 0.25) is 0 Å². The smallest absolute Gasteiger partial charge is 0.0462 e. The van der Waals surface area contributed by atoms with Crippen molar-refractivity contribution in [2.75, 3.05) is 9.80 Å². The summed E-state index contributed by atoms with van der Waals surface area (Å²) in [4.78, 5) is 4.61. The fraction of sp³-hybridized carbons (Fsp3) is 0. The van der Waals surface area contributed by atoms with Crippen molar-refractivity contribution in [3.05, 3.63) is 454 Å². The first-order valence-corrected chi connectivity index (χ1v) is 32.7. The number of benzene rings is 13. The minimum Gasteiger partial charge on any atom is -0.311 e. The Hall–Kier alpha value is -12.6. The van der Waals surface area contributed by atoms with E-state index in [-0.39, 0.29) is 0 Å². The van der Waals surface area contributed by atoms with Gasteiger partial charge in [-0.3, -0.25) is 0 Å². The van der Waals surface area contributed by atoms with E-state index in [1.165, 1.54) is 33.4 Å². The Bertz CT molecular complexity index is 4440. The van der Waals surface area contributed by atoms with E-state index in [9.17, 15) is 0 Å². The van der Waals surface area contributed by atoms with Gasteiger partial charge in [-0.05, 0) is 162 Å². The van der Waals surface area contributed by atoms with E-state index >= 15 is 0 Å². The Morgan fingerprint density at radius 2 is 0.312 bits per heavy atom. The average Bonchev–Trinajstić information content (AvgIpc) is 0.904. The Balaban J connectivity index is 0.610. The monoisotopic (exact) mass is 1230 g/mol. The Morgan fingerprint density at radius 3 is 0.510 bits per heavy atom. The van der Waals surface area contributed by atoms with Crippen molar-refractivity contribution in [2.24, 2.45) is 0 Å². The van der Waals surface area contributed by atoms with Gasteiger partial charge in [0.05, 0.1) is 0 Å². The number of allylic oxidation sites excluding steroid dienone is 4. The lowest BCUT2D eigenvalue weighted by molar-refractivity contribution is 1.28. The van der Waals surface area contributed by atoms with Gasteiger partial charge in [-0.25, -0.2) is 0 Å². The molecule has 0 amide bonds. The highest BCUT2D eigenvalue weighted by Crippen LogP contribution is 2.37. The molecule has 13 rings (SSSR count). The number of para-hydroxylation sites is 2. The lowest BCUT2D eigenvalue weighted by Crippen LogP contribution is -2.09. The van der Waals surface area contributed by atoms with Crippen LogP contribution in [-0.2, 0) is 0 Å². The molecule has 13 aromatic carbocycles. The van der Waals surface area contributed by atoms with E-state index in [0.29, 0.717) is 0 Å². The summed E-state index contributed by atoms with van der Waals surface area (Å²) in [6.07, 6.45) is 30.4. The van der Waals surface area contributed by atoms with E-state index in [1.54, 1.807) is 0 Å². The van der Waals surface area contributed by atoms with Crippen molar-refractivity contribution in [1.29, 1.82) is 0 Å². The number of hydrogen-bond donors (Lipinski definition) is 0. The van der Waals surface area contributed by atoms with Gasteiger partial charge in [0, 0.05) is 34.1 Å². The molecule has 0 aromatic heterocycles. The van der Waals surface area contributed by atoms with Crippen LogP contribution in [0.5, 0.6) is 0 Å². The van der Waals surface area contributed by atoms with Crippen LogP contribution in [0.4, 0.5) is 34.1 Å². The fourth-order valence-corrected chi connectivity index (χ4v) is 11.6. The minimum absolute atomic E-state index is 1.09. The van der Waals surface area contributed by atoms with Crippen LogP contribution in [0.25, 0.3) is 71.9 Å². The summed E-state index contributed by atoms with van der Waals surface area (Å²) in [5.74, 6) is 0. The predicted molar refractivity (Wildman–Crippen MR) is 415 cm³/mol. The highest BCUT2D eigenvalue weighted by molar-refractivity contribution is 5.85. The second-order valence-corrected chi connectivity index (χ2v) is 23.4. The van der Waals surface area contributed by atoms with Gasteiger partial charge < -0.3 is 9.80 Å². The van der Waals surface area contributed by atoms with Crippen LogP contribution in [0.2, 0.25) is 0 Å². The van der Waals surface area contributed by atoms with Crippen molar-refractivity contribution in [1.82, 2.24) is 0 Å². The molecule has 0 aliphatic rings. The Kier molecular flexibility index (Phi) is 20.5. The van der Waals surface area contributed by atoms with Crippen LogP contribution in [0.1, 0.15) is 77.9 Å². The number of rotatable bonds is 22. The van der Waals surface area contributed by atoms with Crippen LogP contribution in [0.3, 0.4) is 0 Å². The molecule has 2 nitrogen and oxygen atoms in total. The van der Waals surface area contributed by atoms with Crippen LogP contribution >= 0.6 is 0 Å². The van der Waals surface area contributed by atoms with E-state index in [0.717, 1.165) is 89.8 Å². The second-order valence-electron chi connectivity index (χ2n) is 23.4. The van der Waals surface area contributed by atoms with Crippen molar-refractivity contribution < 1.29 is 0 Å². The maximum atomic E-state index is 2.30. The molecular formula is C94H72N2. The van der Waals surface area contributed by atoms with Crippen molar-refractivity contribution in [3.63, 3.8) is 0 Å². The molecule has 0 fully saturated rings. The molecule has 0 unspecified atom stereocenters. The summed E-state index contributed by atoms with van der Waals surface area (Å²) in [7, 11) is 0. The third kappa shape index (κ3) is 16.7. The van der Waals surface area contributed by atoms with Crippen LogP contribution in [0, 0.1) is 0 Å². The van der Waals surface area contributed by atoms with Gasteiger partial charge in [0.1, 0.15) is 0 Å².